The normalized spacial score (nSPS) is 17.9. The fourth-order valence-electron chi connectivity index (χ4n) is 3.17. The van der Waals surface area contributed by atoms with Gasteiger partial charge in [0.25, 0.3) is 5.91 Å². The molecule has 1 fully saturated rings. The highest BCUT2D eigenvalue weighted by molar-refractivity contribution is 7.89. The highest BCUT2D eigenvalue weighted by Crippen LogP contribution is 2.30. The number of hydrogen-bond donors (Lipinski definition) is 6. The van der Waals surface area contributed by atoms with Crippen molar-refractivity contribution in [2.75, 3.05) is 18.4 Å². The molecule has 2 atom stereocenters. The summed E-state index contributed by atoms with van der Waals surface area (Å²) in [5, 5.41) is 14.9. The van der Waals surface area contributed by atoms with Crippen molar-refractivity contribution >= 4 is 51.0 Å². The van der Waals surface area contributed by atoms with Crippen LogP contribution in [0.25, 0.3) is 0 Å². The van der Waals surface area contributed by atoms with Gasteiger partial charge in [-0.2, -0.15) is 4.72 Å². The third kappa shape index (κ3) is 6.13. The number of aromatic nitrogens is 2. The van der Waals surface area contributed by atoms with Gasteiger partial charge in [-0.15, -0.1) is 0 Å². The van der Waals surface area contributed by atoms with Crippen molar-refractivity contribution in [3.05, 3.63) is 40.6 Å². The van der Waals surface area contributed by atoms with Crippen LogP contribution in [-0.4, -0.2) is 60.2 Å². The van der Waals surface area contributed by atoms with Crippen molar-refractivity contribution in [2.45, 2.75) is 35.9 Å². The average Bonchev–Trinajstić information content (AvgIpc) is 3.44. The molecule has 6 N–H and O–H groups in total. The van der Waals surface area contributed by atoms with E-state index in [4.69, 9.17) is 28.0 Å². The molecule has 33 heavy (non-hydrogen) atoms. The topological polar surface area (TPSA) is 175 Å². The number of carboxylic acid groups (broad SMARTS) is 1. The van der Waals surface area contributed by atoms with Gasteiger partial charge in [-0.25, -0.2) is 23.7 Å². The number of carboxylic acids is 1. The Kier molecular flexibility index (Phi) is 8.15. The van der Waals surface area contributed by atoms with Gasteiger partial charge >= 0.3 is 5.97 Å². The van der Waals surface area contributed by atoms with Crippen LogP contribution in [-0.2, 0) is 24.4 Å². The van der Waals surface area contributed by atoms with Gasteiger partial charge in [-0.05, 0) is 31.4 Å². The quantitative estimate of drug-likeness (QED) is 0.187. The maximum absolute atomic E-state index is 13.1. The molecular formula is C18H22Cl2N6O6S. The summed E-state index contributed by atoms with van der Waals surface area (Å²) in [4.78, 5) is 36.4. The van der Waals surface area contributed by atoms with E-state index in [1.807, 2.05) is 0 Å². The van der Waals surface area contributed by atoms with Crippen LogP contribution in [0.5, 0.6) is 0 Å². The van der Waals surface area contributed by atoms with E-state index in [9.17, 15) is 23.1 Å². The monoisotopic (exact) mass is 520 g/mol. The minimum Gasteiger partial charge on any atom is -0.478 e. The number of sulfonamides is 1. The second-order valence-electron chi connectivity index (χ2n) is 7.11. The Bertz CT molecular complexity index is 1070. The maximum atomic E-state index is 13.1. The summed E-state index contributed by atoms with van der Waals surface area (Å²) in [5.74, 6) is -1.96. The first-order valence-corrected chi connectivity index (χ1v) is 12.0. The Morgan fingerprint density at radius 2 is 2.03 bits per heavy atom. The van der Waals surface area contributed by atoms with Gasteiger partial charge in [-0.1, -0.05) is 29.3 Å². The molecule has 1 amide bonds. The number of rotatable bonds is 11. The number of aromatic amines is 1. The molecular weight excluding hydrogens is 499 g/mol. The Labute approximate surface area is 199 Å². The number of aliphatic carboxylic acids is 1. The first-order chi connectivity index (χ1) is 15.6. The lowest BCUT2D eigenvalue weighted by atomic mass is 10.0. The van der Waals surface area contributed by atoms with Gasteiger partial charge < -0.3 is 20.7 Å². The van der Waals surface area contributed by atoms with E-state index in [0.29, 0.717) is 12.5 Å². The summed E-state index contributed by atoms with van der Waals surface area (Å²) in [5.41, 5.74) is 0.115. The van der Waals surface area contributed by atoms with Crippen molar-refractivity contribution in [3.63, 3.8) is 0 Å². The molecule has 1 aliphatic rings. The smallest absolute Gasteiger partial charge is 0.345 e. The number of hydrogen-bond acceptors (Lipinski definition) is 8. The summed E-state index contributed by atoms with van der Waals surface area (Å²) in [6.07, 6.45) is 2.24. The van der Waals surface area contributed by atoms with Crippen molar-refractivity contribution in [1.82, 2.24) is 25.5 Å². The van der Waals surface area contributed by atoms with Crippen LogP contribution in [0.2, 0.25) is 10.0 Å². The largest absolute Gasteiger partial charge is 0.478 e. The minimum atomic E-state index is -4.58. The molecule has 3 rings (SSSR count). The number of benzene rings is 1. The summed E-state index contributed by atoms with van der Waals surface area (Å²) in [6, 6.07) is 4.04. The summed E-state index contributed by atoms with van der Waals surface area (Å²) < 4.78 is 28.4. The van der Waals surface area contributed by atoms with Crippen LogP contribution in [0.15, 0.2) is 35.5 Å². The molecule has 2 aromatic rings. The molecule has 1 saturated heterocycles. The molecule has 0 saturated carbocycles. The van der Waals surface area contributed by atoms with E-state index in [2.05, 4.69) is 30.8 Å². The fourth-order valence-corrected chi connectivity index (χ4v) is 5.63. The van der Waals surface area contributed by atoms with Crippen LogP contribution in [0, 0.1) is 0 Å². The van der Waals surface area contributed by atoms with Crippen molar-refractivity contribution in [2.24, 2.45) is 0 Å². The van der Waals surface area contributed by atoms with Gasteiger partial charge in [0, 0.05) is 25.5 Å². The van der Waals surface area contributed by atoms with E-state index in [0.717, 1.165) is 0 Å². The van der Waals surface area contributed by atoms with Gasteiger partial charge in [-0.3, -0.25) is 9.63 Å². The SMILES string of the molecule is O=C(NC(CCCNc1ncc[nH]1)(NS(=O)(=O)c1c(Cl)cccc1Cl)C(=O)O)C1CCNO1. The fraction of sp³-hybridized carbons (Fsp3) is 0.389. The van der Waals surface area contributed by atoms with Gasteiger partial charge in [0.2, 0.25) is 15.7 Å². The molecule has 12 nitrogen and oxygen atoms in total. The zero-order valence-electron chi connectivity index (χ0n) is 17.1. The Morgan fingerprint density at radius 1 is 1.30 bits per heavy atom. The zero-order chi connectivity index (χ0) is 24.1. The van der Waals surface area contributed by atoms with Gasteiger partial charge in [0.1, 0.15) is 4.90 Å². The third-order valence-electron chi connectivity index (χ3n) is 4.74. The van der Waals surface area contributed by atoms with E-state index < -0.39 is 38.6 Å². The van der Waals surface area contributed by atoms with Gasteiger partial charge in [0.05, 0.1) is 10.0 Å². The second-order valence-corrected chi connectivity index (χ2v) is 9.55. The molecule has 180 valence electrons. The lowest BCUT2D eigenvalue weighted by Crippen LogP contribution is -2.66. The minimum absolute atomic E-state index is 0.135. The number of amides is 1. The number of nitrogens with zero attached hydrogens (tertiary/aromatic N) is 1. The molecule has 0 aliphatic carbocycles. The van der Waals surface area contributed by atoms with Crippen LogP contribution in [0.3, 0.4) is 0 Å². The molecule has 1 aromatic heterocycles. The molecule has 1 aliphatic heterocycles. The molecule has 0 spiro atoms. The Morgan fingerprint density at radius 3 is 2.61 bits per heavy atom. The Hall–Kier alpha value is -2.42. The maximum Gasteiger partial charge on any atom is 0.345 e. The molecule has 15 heteroatoms. The second kappa shape index (κ2) is 10.7. The number of imidazole rings is 1. The van der Waals surface area contributed by atoms with E-state index in [1.54, 1.807) is 6.20 Å². The summed E-state index contributed by atoms with van der Waals surface area (Å²) in [7, 11) is -4.58. The molecule has 0 bridgehead atoms. The molecule has 2 unspecified atom stereocenters. The lowest BCUT2D eigenvalue weighted by Gasteiger charge is -2.32. The third-order valence-corrected chi connectivity index (χ3v) is 7.19. The number of carbonyl (C=O) groups excluding carboxylic acids is 1. The van der Waals surface area contributed by atoms with Crippen LogP contribution >= 0.6 is 23.2 Å². The predicted octanol–water partition coefficient (Wildman–Crippen LogP) is 1.08. The first-order valence-electron chi connectivity index (χ1n) is 9.80. The highest BCUT2D eigenvalue weighted by Gasteiger charge is 2.46. The lowest BCUT2D eigenvalue weighted by molar-refractivity contribution is -0.151. The number of H-pyrrole nitrogens is 1. The standard InChI is InChI=1S/C18H22Cl2N6O6S/c19-11-3-1-4-12(20)14(11)33(30,31)26-18(16(28)29,25-15(27)13-5-8-24-32-13)6-2-7-21-17-22-9-10-23-17/h1,3-4,9-10,13,24,26H,2,5-8H2,(H,25,27)(H,28,29)(H2,21,22,23). The van der Waals surface area contributed by atoms with Crippen LogP contribution in [0.1, 0.15) is 19.3 Å². The number of halogens is 2. The zero-order valence-corrected chi connectivity index (χ0v) is 19.4. The van der Waals surface area contributed by atoms with E-state index in [-0.39, 0.29) is 35.9 Å². The van der Waals surface area contributed by atoms with Crippen LogP contribution < -0.4 is 20.8 Å². The molecule has 1 aromatic carbocycles. The number of carbonyl (C=O) groups is 2. The average molecular weight is 521 g/mol. The first kappa shape index (κ1) is 25.2. The molecule has 0 radical (unpaired) electrons. The summed E-state index contributed by atoms with van der Waals surface area (Å²) >= 11 is 12.1. The van der Waals surface area contributed by atoms with Crippen molar-refractivity contribution in [3.8, 4) is 0 Å². The highest BCUT2D eigenvalue weighted by atomic mass is 35.5. The van der Waals surface area contributed by atoms with E-state index in [1.165, 1.54) is 24.4 Å². The predicted molar refractivity (Wildman–Crippen MR) is 119 cm³/mol. The van der Waals surface area contributed by atoms with Crippen LogP contribution in [0.4, 0.5) is 5.95 Å². The number of nitrogens with one attached hydrogen (secondary N) is 5. The van der Waals surface area contributed by atoms with Gasteiger partial charge in [0.15, 0.2) is 12.1 Å². The van der Waals surface area contributed by atoms with Crippen molar-refractivity contribution in [1.29, 1.82) is 0 Å². The molecule has 2 heterocycles. The number of anilines is 1. The summed E-state index contributed by atoms with van der Waals surface area (Å²) in [6.45, 7) is 0.612. The number of hydroxylamine groups is 1. The Balaban J connectivity index is 1.87. The van der Waals surface area contributed by atoms with E-state index >= 15 is 0 Å². The van der Waals surface area contributed by atoms with Crippen molar-refractivity contribution < 1.29 is 28.0 Å².